The van der Waals surface area contributed by atoms with Crippen LogP contribution in [0.25, 0.3) is 6.08 Å². The summed E-state index contributed by atoms with van der Waals surface area (Å²) < 4.78 is 5.40. The zero-order valence-corrected chi connectivity index (χ0v) is 11.2. The summed E-state index contributed by atoms with van der Waals surface area (Å²) in [6, 6.07) is 1.97. The van der Waals surface area contributed by atoms with Crippen LogP contribution in [-0.2, 0) is 11.3 Å². The quantitative estimate of drug-likeness (QED) is 0.726. The van der Waals surface area contributed by atoms with Crippen LogP contribution in [-0.4, -0.2) is 43.2 Å². The van der Waals surface area contributed by atoms with Crippen LogP contribution in [0.3, 0.4) is 0 Å². The minimum atomic E-state index is 0.560. The molecule has 0 N–H and O–H groups in total. The summed E-state index contributed by atoms with van der Waals surface area (Å²) in [5.74, 6) is 0. The molecule has 5 heteroatoms. The molecule has 3 rings (SSSR count). The molecule has 0 radical (unpaired) electrons. The number of aromatic nitrogens is 1. The van der Waals surface area contributed by atoms with Gasteiger partial charge >= 0.3 is 0 Å². The van der Waals surface area contributed by atoms with Crippen molar-refractivity contribution in [3.63, 3.8) is 0 Å². The van der Waals surface area contributed by atoms with E-state index in [2.05, 4.69) is 21.8 Å². The number of fused-ring (bicyclic) bond motifs is 1. The van der Waals surface area contributed by atoms with Crippen LogP contribution in [0.4, 0.5) is 5.69 Å². The van der Waals surface area contributed by atoms with Crippen LogP contribution in [0.1, 0.15) is 11.3 Å². The van der Waals surface area contributed by atoms with Crippen molar-refractivity contribution in [2.75, 3.05) is 38.3 Å². The second-order valence-corrected chi connectivity index (χ2v) is 5.05. The standard InChI is InChI=1S/C13H16ClN3O/c1-16-3-2-11-10(9-16)12(8-13(14)15-11)17-4-6-18-7-5-17/h2-3,8H,4-7,9H2,1H3. The largest absolute Gasteiger partial charge is 0.378 e. The van der Waals surface area contributed by atoms with E-state index in [1.165, 1.54) is 11.3 Å². The van der Waals surface area contributed by atoms with Crippen molar-refractivity contribution < 1.29 is 4.74 Å². The highest BCUT2D eigenvalue weighted by Crippen LogP contribution is 2.30. The Bertz CT molecular complexity index is 483. The minimum Gasteiger partial charge on any atom is -0.378 e. The van der Waals surface area contributed by atoms with Gasteiger partial charge in [-0.05, 0) is 12.1 Å². The van der Waals surface area contributed by atoms with Gasteiger partial charge < -0.3 is 14.5 Å². The first kappa shape index (κ1) is 11.8. The van der Waals surface area contributed by atoms with Crippen molar-refractivity contribution in [2.45, 2.75) is 6.54 Å². The van der Waals surface area contributed by atoms with E-state index < -0.39 is 0 Å². The first-order chi connectivity index (χ1) is 8.74. The molecular formula is C13H16ClN3O. The topological polar surface area (TPSA) is 28.6 Å². The number of morpholine rings is 1. The van der Waals surface area contributed by atoms with Crippen molar-refractivity contribution in [1.29, 1.82) is 0 Å². The molecule has 0 amide bonds. The molecule has 2 aliphatic rings. The average molecular weight is 266 g/mol. The molecule has 1 aromatic heterocycles. The van der Waals surface area contributed by atoms with Crippen molar-refractivity contribution in [3.8, 4) is 0 Å². The number of ether oxygens (including phenoxy) is 1. The first-order valence-electron chi connectivity index (χ1n) is 6.14. The van der Waals surface area contributed by atoms with Crippen LogP contribution >= 0.6 is 11.6 Å². The highest BCUT2D eigenvalue weighted by molar-refractivity contribution is 6.29. The van der Waals surface area contributed by atoms with Gasteiger partial charge in [0.25, 0.3) is 0 Å². The maximum Gasteiger partial charge on any atom is 0.131 e. The van der Waals surface area contributed by atoms with E-state index in [-0.39, 0.29) is 0 Å². The van der Waals surface area contributed by atoms with Gasteiger partial charge in [-0.3, -0.25) is 0 Å². The number of anilines is 1. The molecule has 3 heterocycles. The number of rotatable bonds is 1. The normalized spacial score (nSPS) is 19.0. The third-order valence-electron chi connectivity index (χ3n) is 3.35. The lowest BCUT2D eigenvalue weighted by Gasteiger charge is -2.33. The number of halogens is 1. The second kappa shape index (κ2) is 4.78. The Labute approximate surface area is 112 Å². The van der Waals surface area contributed by atoms with E-state index in [1.54, 1.807) is 0 Å². The molecule has 1 fully saturated rings. The van der Waals surface area contributed by atoms with Crippen LogP contribution in [0.2, 0.25) is 5.15 Å². The van der Waals surface area contributed by atoms with Gasteiger partial charge in [-0.15, -0.1) is 0 Å². The van der Waals surface area contributed by atoms with E-state index >= 15 is 0 Å². The van der Waals surface area contributed by atoms with Crippen molar-refractivity contribution in [3.05, 3.63) is 28.7 Å². The molecule has 0 aliphatic carbocycles. The third-order valence-corrected chi connectivity index (χ3v) is 3.54. The third kappa shape index (κ3) is 2.18. The summed E-state index contributed by atoms with van der Waals surface area (Å²) in [5.41, 5.74) is 3.44. The molecular weight excluding hydrogens is 250 g/mol. The summed E-state index contributed by atoms with van der Waals surface area (Å²) in [4.78, 5) is 8.89. The fraction of sp³-hybridized carbons (Fsp3) is 0.462. The summed E-state index contributed by atoms with van der Waals surface area (Å²) in [7, 11) is 2.07. The monoisotopic (exact) mass is 265 g/mol. The van der Waals surface area contributed by atoms with Crippen LogP contribution in [0, 0.1) is 0 Å². The zero-order chi connectivity index (χ0) is 12.5. The Morgan fingerprint density at radius 3 is 2.89 bits per heavy atom. The Morgan fingerprint density at radius 1 is 1.33 bits per heavy atom. The summed E-state index contributed by atoms with van der Waals surface area (Å²) in [5, 5.41) is 0.560. The van der Waals surface area contributed by atoms with E-state index in [9.17, 15) is 0 Å². The smallest absolute Gasteiger partial charge is 0.131 e. The number of hydrogen-bond acceptors (Lipinski definition) is 4. The van der Waals surface area contributed by atoms with Gasteiger partial charge in [-0.25, -0.2) is 4.98 Å². The molecule has 0 unspecified atom stereocenters. The lowest BCUT2D eigenvalue weighted by molar-refractivity contribution is 0.122. The number of hydrogen-bond donors (Lipinski definition) is 0. The molecule has 0 atom stereocenters. The maximum atomic E-state index is 6.12. The minimum absolute atomic E-state index is 0.560. The molecule has 2 aliphatic heterocycles. The summed E-state index contributed by atoms with van der Waals surface area (Å²) >= 11 is 6.12. The average Bonchev–Trinajstić information content (AvgIpc) is 2.39. The van der Waals surface area contributed by atoms with Gasteiger partial charge in [0, 0.05) is 44.1 Å². The highest BCUT2D eigenvalue weighted by atomic mass is 35.5. The molecule has 1 saturated heterocycles. The van der Waals surface area contributed by atoms with Gasteiger partial charge in [-0.1, -0.05) is 11.6 Å². The van der Waals surface area contributed by atoms with E-state index in [0.717, 1.165) is 38.5 Å². The Kier molecular flexibility index (Phi) is 3.14. The van der Waals surface area contributed by atoms with Crippen LogP contribution < -0.4 is 4.90 Å². The molecule has 0 spiro atoms. The van der Waals surface area contributed by atoms with Gasteiger partial charge in [0.15, 0.2) is 0 Å². The summed E-state index contributed by atoms with van der Waals surface area (Å²) in [6.45, 7) is 4.27. The molecule has 0 aromatic carbocycles. The number of pyridine rings is 1. The Hall–Kier alpha value is -1.26. The van der Waals surface area contributed by atoms with Crippen LogP contribution in [0.5, 0.6) is 0 Å². The fourth-order valence-electron chi connectivity index (χ4n) is 2.43. The Balaban J connectivity index is 2.02. The summed E-state index contributed by atoms with van der Waals surface area (Å²) in [6.07, 6.45) is 4.06. The maximum absolute atomic E-state index is 6.12. The SMILES string of the molecule is CN1C=Cc2nc(Cl)cc(N3CCOCC3)c2C1. The first-order valence-corrected chi connectivity index (χ1v) is 6.52. The van der Waals surface area contributed by atoms with E-state index in [1.807, 2.05) is 18.3 Å². The molecule has 0 bridgehead atoms. The fourth-order valence-corrected chi connectivity index (χ4v) is 2.63. The van der Waals surface area contributed by atoms with Crippen molar-refractivity contribution in [1.82, 2.24) is 9.88 Å². The lowest BCUT2D eigenvalue weighted by Crippen LogP contribution is -2.37. The predicted octanol–water partition coefficient (Wildman–Crippen LogP) is 1.99. The van der Waals surface area contributed by atoms with Crippen molar-refractivity contribution in [2.24, 2.45) is 0 Å². The predicted molar refractivity (Wildman–Crippen MR) is 72.8 cm³/mol. The van der Waals surface area contributed by atoms with Crippen molar-refractivity contribution >= 4 is 23.4 Å². The highest BCUT2D eigenvalue weighted by Gasteiger charge is 2.20. The number of nitrogens with zero attached hydrogens (tertiary/aromatic N) is 3. The Morgan fingerprint density at radius 2 is 2.11 bits per heavy atom. The van der Waals surface area contributed by atoms with E-state index in [0.29, 0.717) is 5.15 Å². The molecule has 96 valence electrons. The second-order valence-electron chi connectivity index (χ2n) is 4.66. The lowest BCUT2D eigenvalue weighted by atomic mass is 10.1. The van der Waals surface area contributed by atoms with Crippen LogP contribution in [0.15, 0.2) is 12.3 Å². The zero-order valence-electron chi connectivity index (χ0n) is 10.4. The molecule has 4 nitrogen and oxygen atoms in total. The van der Waals surface area contributed by atoms with Gasteiger partial charge in [0.05, 0.1) is 18.9 Å². The van der Waals surface area contributed by atoms with E-state index in [4.69, 9.17) is 16.3 Å². The molecule has 1 aromatic rings. The van der Waals surface area contributed by atoms with Gasteiger partial charge in [0.1, 0.15) is 5.15 Å². The molecule has 18 heavy (non-hydrogen) atoms. The van der Waals surface area contributed by atoms with Gasteiger partial charge in [-0.2, -0.15) is 0 Å². The molecule has 0 saturated carbocycles. The van der Waals surface area contributed by atoms with Gasteiger partial charge in [0.2, 0.25) is 0 Å².